The van der Waals surface area contributed by atoms with E-state index in [1.54, 1.807) is 0 Å². The fourth-order valence-corrected chi connectivity index (χ4v) is 1.71. The smallest absolute Gasteiger partial charge is 0.222 e. The van der Waals surface area contributed by atoms with E-state index < -0.39 is 43.2 Å². The SMILES string of the molecule is [2H]C(CCC)C(O)C1(O)O[C@H](CO)[C@@H](O)[C@@H]1O. The summed E-state index contributed by atoms with van der Waals surface area (Å²) in [5.41, 5.74) is 0. The van der Waals surface area contributed by atoms with E-state index in [0.717, 1.165) is 0 Å². The Hall–Kier alpha value is -0.240. The van der Waals surface area contributed by atoms with Gasteiger partial charge in [0.05, 0.1) is 6.61 Å². The molecule has 3 unspecified atom stereocenters. The van der Waals surface area contributed by atoms with Gasteiger partial charge in [0.15, 0.2) is 0 Å². The van der Waals surface area contributed by atoms with Gasteiger partial charge in [-0.3, -0.25) is 0 Å². The first-order valence-corrected chi connectivity index (χ1v) is 5.36. The average molecular weight is 237 g/mol. The van der Waals surface area contributed by atoms with Crippen LogP contribution in [0, 0.1) is 0 Å². The molecule has 1 aliphatic rings. The van der Waals surface area contributed by atoms with E-state index in [-0.39, 0.29) is 0 Å². The van der Waals surface area contributed by atoms with Crippen molar-refractivity contribution in [3.8, 4) is 0 Å². The Morgan fingerprint density at radius 1 is 1.50 bits per heavy atom. The largest absolute Gasteiger partial charge is 0.394 e. The molecular weight excluding hydrogens is 216 g/mol. The van der Waals surface area contributed by atoms with Gasteiger partial charge < -0.3 is 30.3 Å². The standard InChI is InChI=1S/C10H20O6/c1-2-3-4-7(12)10(15)9(14)8(13)6(5-11)16-10/h6-9,11-15H,2-5H2,1H3/t6-,7?,8-,9+,10?/m1/s1/i4D/t4?,6-,7?,8-,9+,10?. The molecule has 0 saturated carbocycles. The summed E-state index contributed by atoms with van der Waals surface area (Å²) in [6.45, 7) is 1.22. The Balaban J connectivity index is 2.80. The lowest BCUT2D eigenvalue weighted by Gasteiger charge is -2.31. The van der Waals surface area contributed by atoms with Crippen LogP contribution in [0.4, 0.5) is 0 Å². The van der Waals surface area contributed by atoms with Crippen LogP contribution in [0.1, 0.15) is 27.5 Å². The number of aliphatic hydroxyl groups is 5. The first-order valence-electron chi connectivity index (χ1n) is 5.93. The van der Waals surface area contributed by atoms with Gasteiger partial charge in [0.2, 0.25) is 5.79 Å². The van der Waals surface area contributed by atoms with Crippen LogP contribution in [0.5, 0.6) is 0 Å². The highest BCUT2D eigenvalue weighted by molar-refractivity contribution is 4.98. The van der Waals surface area contributed by atoms with Crippen molar-refractivity contribution in [2.45, 2.75) is 56.4 Å². The molecule has 1 saturated heterocycles. The molecule has 1 fully saturated rings. The molecule has 16 heavy (non-hydrogen) atoms. The molecule has 1 heterocycles. The summed E-state index contributed by atoms with van der Waals surface area (Å²) in [5.74, 6) is -2.41. The summed E-state index contributed by atoms with van der Waals surface area (Å²) in [7, 11) is 0. The molecule has 0 aliphatic carbocycles. The summed E-state index contributed by atoms with van der Waals surface area (Å²) < 4.78 is 12.5. The Morgan fingerprint density at radius 3 is 2.56 bits per heavy atom. The number of hydrogen-bond acceptors (Lipinski definition) is 6. The lowest BCUT2D eigenvalue weighted by Crippen LogP contribution is -2.52. The molecule has 0 amide bonds. The van der Waals surface area contributed by atoms with Crippen LogP contribution in [-0.4, -0.2) is 62.3 Å². The van der Waals surface area contributed by atoms with Crippen LogP contribution in [0.15, 0.2) is 0 Å². The van der Waals surface area contributed by atoms with Crippen LogP contribution < -0.4 is 0 Å². The zero-order chi connectivity index (χ0) is 13.2. The third-order valence-electron chi connectivity index (χ3n) is 2.75. The maximum atomic E-state index is 9.98. The highest BCUT2D eigenvalue weighted by atomic mass is 16.7. The highest BCUT2D eigenvalue weighted by Crippen LogP contribution is 2.33. The highest BCUT2D eigenvalue weighted by Gasteiger charge is 2.56. The predicted molar refractivity (Wildman–Crippen MR) is 54.5 cm³/mol. The Labute approximate surface area is 95.5 Å². The zero-order valence-corrected chi connectivity index (χ0v) is 9.15. The molecule has 0 aromatic rings. The van der Waals surface area contributed by atoms with Gasteiger partial charge in [-0.25, -0.2) is 0 Å². The van der Waals surface area contributed by atoms with Crippen molar-refractivity contribution < 1.29 is 31.6 Å². The molecule has 0 spiro atoms. The van der Waals surface area contributed by atoms with Gasteiger partial charge in [0, 0.05) is 1.37 Å². The lowest BCUT2D eigenvalue weighted by atomic mass is 9.97. The van der Waals surface area contributed by atoms with E-state index in [0.29, 0.717) is 12.8 Å². The minimum absolute atomic E-state index is 0.319. The van der Waals surface area contributed by atoms with E-state index in [1.807, 2.05) is 6.92 Å². The van der Waals surface area contributed by atoms with Crippen LogP contribution in [-0.2, 0) is 4.74 Å². The van der Waals surface area contributed by atoms with Crippen LogP contribution >= 0.6 is 0 Å². The van der Waals surface area contributed by atoms with Gasteiger partial charge >= 0.3 is 0 Å². The second-order valence-corrected chi connectivity index (χ2v) is 4.00. The van der Waals surface area contributed by atoms with E-state index >= 15 is 0 Å². The Bertz CT molecular complexity index is 253. The lowest BCUT2D eigenvalue weighted by molar-refractivity contribution is -0.279. The van der Waals surface area contributed by atoms with Crippen LogP contribution in [0.25, 0.3) is 0 Å². The predicted octanol–water partition coefficient (Wildman–Crippen LogP) is -1.66. The third-order valence-corrected chi connectivity index (χ3v) is 2.75. The maximum Gasteiger partial charge on any atom is 0.222 e. The molecule has 0 aromatic heterocycles. The molecule has 6 heteroatoms. The minimum Gasteiger partial charge on any atom is -0.394 e. The van der Waals surface area contributed by atoms with Crippen molar-refractivity contribution in [3.63, 3.8) is 0 Å². The van der Waals surface area contributed by atoms with Gasteiger partial charge in [-0.05, 0) is 6.40 Å². The molecule has 1 rings (SSSR count). The first kappa shape index (κ1) is 12.2. The average Bonchev–Trinajstić information content (AvgIpc) is 2.54. The third kappa shape index (κ3) is 2.37. The van der Waals surface area contributed by atoms with Gasteiger partial charge in [-0.1, -0.05) is 19.8 Å². The minimum atomic E-state index is -2.41. The number of hydrogen-bond donors (Lipinski definition) is 5. The van der Waals surface area contributed by atoms with Gasteiger partial charge in [0.1, 0.15) is 24.4 Å². The summed E-state index contributed by atoms with van der Waals surface area (Å²) >= 11 is 0. The zero-order valence-electron chi connectivity index (χ0n) is 10.2. The van der Waals surface area contributed by atoms with Crippen molar-refractivity contribution in [1.82, 2.24) is 0 Å². The summed E-state index contributed by atoms with van der Waals surface area (Å²) in [6.07, 6.45) is -6.15. The van der Waals surface area contributed by atoms with Gasteiger partial charge in [-0.2, -0.15) is 0 Å². The van der Waals surface area contributed by atoms with Crippen molar-refractivity contribution in [2.75, 3.05) is 6.61 Å². The van der Waals surface area contributed by atoms with Gasteiger partial charge in [-0.15, -0.1) is 0 Å². The van der Waals surface area contributed by atoms with Crippen molar-refractivity contribution in [1.29, 1.82) is 0 Å². The van der Waals surface area contributed by atoms with E-state index in [1.165, 1.54) is 0 Å². The first-order chi connectivity index (χ1) is 7.88. The number of aliphatic hydroxyl groups excluding tert-OH is 4. The van der Waals surface area contributed by atoms with Crippen molar-refractivity contribution in [2.24, 2.45) is 0 Å². The van der Waals surface area contributed by atoms with Crippen molar-refractivity contribution in [3.05, 3.63) is 0 Å². The molecule has 1 aliphatic heterocycles. The van der Waals surface area contributed by atoms with E-state index in [4.69, 9.17) is 11.2 Å². The second kappa shape index (κ2) is 5.39. The Morgan fingerprint density at radius 2 is 2.12 bits per heavy atom. The monoisotopic (exact) mass is 237 g/mol. The number of ether oxygens (including phenoxy) is 1. The molecule has 6 nitrogen and oxygen atoms in total. The summed E-state index contributed by atoms with van der Waals surface area (Å²) in [6, 6.07) is 0. The summed E-state index contributed by atoms with van der Waals surface area (Å²) in [5, 5.41) is 47.8. The molecule has 0 aromatic carbocycles. The molecular formula is C10H20O6. The maximum absolute atomic E-state index is 9.98. The molecule has 96 valence electrons. The normalized spacial score (nSPS) is 44.1. The molecule has 0 radical (unpaired) electrons. The molecule has 5 N–H and O–H groups in total. The van der Waals surface area contributed by atoms with Crippen LogP contribution in [0.3, 0.4) is 0 Å². The van der Waals surface area contributed by atoms with E-state index in [9.17, 15) is 20.4 Å². The van der Waals surface area contributed by atoms with Gasteiger partial charge in [0.25, 0.3) is 0 Å². The van der Waals surface area contributed by atoms with Crippen LogP contribution in [0.2, 0.25) is 0 Å². The summed E-state index contributed by atoms with van der Waals surface area (Å²) in [4.78, 5) is 0. The second-order valence-electron chi connectivity index (χ2n) is 4.00. The van der Waals surface area contributed by atoms with Crippen molar-refractivity contribution >= 4 is 0 Å². The Kier molecular flexibility index (Phi) is 4.12. The molecule has 6 atom stereocenters. The topological polar surface area (TPSA) is 110 Å². The molecule has 0 bridgehead atoms. The van der Waals surface area contributed by atoms with E-state index in [2.05, 4.69) is 0 Å². The fraction of sp³-hybridized carbons (Fsp3) is 1.00. The quantitative estimate of drug-likeness (QED) is 0.391. The fourth-order valence-electron chi connectivity index (χ4n) is 1.71. The number of rotatable bonds is 5.